The lowest BCUT2D eigenvalue weighted by atomic mass is 10.1. The summed E-state index contributed by atoms with van der Waals surface area (Å²) in [6.07, 6.45) is 7.79. The highest BCUT2D eigenvalue weighted by atomic mass is 16.5. The molecule has 0 saturated carbocycles. The molecule has 25 heavy (non-hydrogen) atoms. The number of hydrogen-bond donors (Lipinski definition) is 1. The predicted molar refractivity (Wildman–Crippen MR) is 92.7 cm³/mol. The molecule has 1 N–H and O–H groups in total. The van der Waals surface area contributed by atoms with E-state index < -0.39 is 0 Å². The summed E-state index contributed by atoms with van der Waals surface area (Å²) in [6.45, 7) is 2.06. The average molecular weight is 341 g/mol. The van der Waals surface area contributed by atoms with Crippen LogP contribution in [0, 0.1) is 0 Å². The first-order chi connectivity index (χ1) is 12.3. The van der Waals surface area contributed by atoms with E-state index in [0.717, 1.165) is 44.7 Å². The first-order valence-corrected chi connectivity index (χ1v) is 8.94. The second kappa shape index (κ2) is 7.27. The van der Waals surface area contributed by atoms with Crippen molar-refractivity contribution in [1.29, 1.82) is 0 Å². The monoisotopic (exact) mass is 341 g/mol. The van der Waals surface area contributed by atoms with E-state index >= 15 is 0 Å². The van der Waals surface area contributed by atoms with Gasteiger partial charge in [-0.3, -0.25) is 4.79 Å². The summed E-state index contributed by atoms with van der Waals surface area (Å²) in [5, 5.41) is 3.14. The zero-order valence-electron chi connectivity index (χ0n) is 14.2. The molecule has 2 aliphatic heterocycles. The Morgan fingerprint density at radius 3 is 3.16 bits per heavy atom. The van der Waals surface area contributed by atoms with Crippen LogP contribution in [0.5, 0.6) is 5.75 Å². The van der Waals surface area contributed by atoms with Crippen molar-refractivity contribution in [3.63, 3.8) is 0 Å². The van der Waals surface area contributed by atoms with Gasteiger partial charge < -0.3 is 19.4 Å². The molecular formula is C19H23N3O3. The van der Waals surface area contributed by atoms with Crippen molar-refractivity contribution in [3.8, 4) is 5.75 Å². The highest BCUT2D eigenvalue weighted by Gasteiger charge is 2.23. The molecular weight excluding hydrogens is 318 g/mol. The fourth-order valence-corrected chi connectivity index (χ4v) is 3.49. The van der Waals surface area contributed by atoms with E-state index in [4.69, 9.17) is 9.47 Å². The SMILES string of the molecule is O=C(NC1CCc2nccn2C1)c1ccccc1OCC1CCCO1. The summed E-state index contributed by atoms with van der Waals surface area (Å²) in [5.41, 5.74) is 0.580. The van der Waals surface area contributed by atoms with Crippen LogP contribution in [0.2, 0.25) is 0 Å². The fourth-order valence-electron chi connectivity index (χ4n) is 3.49. The smallest absolute Gasteiger partial charge is 0.255 e. The third kappa shape index (κ3) is 3.69. The van der Waals surface area contributed by atoms with Crippen molar-refractivity contribution in [2.24, 2.45) is 0 Å². The number of para-hydroxylation sites is 1. The molecule has 0 radical (unpaired) electrons. The highest BCUT2D eigenvalue weighted by Crippen LogP contribution is 2.21. The molecule has 2 aliphatic rings. The van der Waals surface area contributed by atoms with Crippen molar-refractivity contribution in [3.05, 3.63) is 48.0 Å². The van der Waals surface area contributed by atoms with Crippen molar-refractivity contribution in [1.82, 2.24) is 14.9 Å². The summed E-state index contributed by atoms with van der Waals surface area (Å²) in [7, 11) is 0. The maximum absolute atomic E-state index is 12.7. The molecule has 6 nitrogen and oxygen atoms in total. The summed E-state index contributed by atoms with van der Waals surface area (Å²) in [4.78, 5) is 17.1. The van der Waals surface area contributed by atoms with Crippen LogP contribution in [-0.4, -0.2) is 40.8 Å². The predicted octanol–water partition coefficient (Wildman–Crippen LogP) is 2.19. The van der Waals surface area contributed by atoms with Gasteiger partial charge in [0.2, 0.25) is 0 Å². The fraction of sp³-hybridized carbons (Fsp3) is 0.474. The third-order valence-electron chi connectivity index (χ3n) is 4.85. The van der Waals surface area contributed by atoms with Crippen LogP contribution in [0.3, 0.4) is 0 Å². The van der Waals surface area contributed by atoms with Gasteiger partial charge in [0.15, 0.2) is 0 Å². The summed E-state index contributed by atoms with van der Waals surface area (Å²) < 4.78 is 13.6. The standard InChI is InChI=1S/C19H23N3O3/c23-19(21-14-7-8-18-20-9-10-22(18)12-14)16-5-1-2-6-17(16)25-13-15-4-3-11-24-15/h1-2,5-6,9-10,14-15H,3-4,7-8,11-13H2,(H,21,23). The molecule has 2 unspecified atom stereocenters. The van der Waals surface area contributed by atoms with Crippen LogP contribution in [0.15, 0.2) is 36.7 Å². The molecule has 2 atom stereocenters. The quantitative estimate of drug-likeness (QED) is 0.905. The van der Waals surface area contributed by atoms with Crippen LogP contribution >= 0.6 is 0 Å². The zero-order chi connectivity index (χ0) is 17.1. The highest BCUT2D eigenvalue weighted by molar-refractivity contribution is 5.97. The van der Waals surface area contributed by atoms with E-state index in [1.54, 1.807) is 0 Å². The normalized spacial score (nSPS) is 22.4. The van der Waals surface area contributed by atoms with E-state index in [1.807, 2.05) is 36.7 Å². The number of fused-ring (bicyclic) bond motifs is 1. The van der Waals surface area contributed by atoms with Gasteiger partial charge in [0.25, 0.3) is 5.91 Å². The Hall–Kier alpha value is -2.34. The minimum Gasteiger partial charge on any atom is -0.490 e. The molecule has 1 amide bonds. The Balaban J connectivity index is 1.40. The molecule has 3 heterocycles. The largest absolute Gasteiger partial charge is 0.490 e. The average Bonchev–Trinajstić information content (AvgIpc) is 3.31. The second-order valence-electron chi connectivity index (χ2n) is 6.65. The first kappa shape index (κ1) is 16.1. The number of amides is 1. The number of nitrogens with one attached hydrogen (secondary N) is 1. The minimum absolute atomic E-state index is 0.0866. The second-order valence-corrected chi connectivity index (χ2v) is 6.65. The number of ether oxygens (including phenoxy) is 2. The first-order valence-electron chi connectivity index (χ1n) is 8.94. The Morgan fingerprint density at radius 2 is 2.28 bits per heavy atom. The van der Waals surface area contributed by atoms with Gasteiger partial charge in [-0.05, 0) is 31.4 Å². The molecule has 0 spiro atoms. The van der Waals surface area contributed by atoms with Crippen LogP contribution in [0.1, 0.15) is 35.4 Å². The molecule has 1 saturated heterocycles. The number of hydrogen-bond acceptors (Lipinski definition) is 4. The molecule has 1 fully saturated rings. The minimum atomic E-state index is -0.0866. The molecule has 6 heteroatoms. The van der Waals surface area contributed by atoms with Gasteiger partial charge in [-0.25, -0.2) is 4.98 Å². The number of benzene rings is 1. The van der Waals surface area contributed by atoms with Crippen molar-refractivity contribution < 1.29 is 14.3 Å². The molecule has 2 aromatic rings. The van der Waals surface area contributed by atoms with Gasteiger partial charge in [0.05, 0.1) is 11.7 Å². The number of carbonyl (C=O) groups excluding carboxylic acids is 1. The lowest BCUT2D eigenvalue weighted by Crippen LogP contribution is -2.41. The summed E-state index contributed by atoms with van der Waals surface area (Å²) in [6, 6.07) is 7.52. The lowest BCUT2D eigenvalue weighted by Gasteiger charge is -2.25. The van der Waals surface area contributed by atoms with E-state index in [0.29, 0.717) is 17.9 Å². The number of aromatic nitrogens is 2. The van der Waals surface area contributed by atoms with Crippen molar-refractivity contribution in [2.45, 2.75) is 44.4 Å². The number of imidazole rings is 1. The van der Waals surface area contributed by atoms with E-state index in [2.05, 4.69) is 14.9 Å². The molecule has 0 bridgehead atoms. The van der Waals surface area contributed by atoms with Crippen molar-refractivity contribution in [2.75, 3.05) is 13.2 Å². The third-order valence-corrected chi connectivity index (χ3v) is 4.85. The topological polar surface area (TPSA) is 65.4 Å². The van der Waals surface area contributed by atoms with Crippen LogP contribution in [-0.2, 0) is 17.7 Å². The Labute approximate surface area is 147 Å². The number of aryl methyl sites for hydroxylation is 1. The lowest BCUT2D eigenvalue weighted by molar-refractivity contribution is 0.0669. The zero-order valence-corrected chi connectivity index (χ0v) is 14.2. The molecule has 1 aromatic carbocycles. The molecule has 1 aromatic heterocycles. The Morgan fingerprint density at radius 1 is 1.36 bits per heavy atom. The molecule has 0 aliphatic carbocycles. The molecule has 132 valence electrons. The Kier molecular flexibility index (Phi) is 4.70. The van der Waals surface area contributed by atoms with Gasteiger partial charge >= 0.3 is 0 Å². The van der Waals surface area contributed by atoms with Crippen LogP contribution in [0.25, 0.3) is 0 Å². The van der Waals surface area contributed by atoms with Gasteiger partial charge in [0.1, 0.15) is 18.2 Å². The maximum atomic E-state index is 12.7. The number of carbonyl (C=O) groups is 1. The van der Waals surface area contributed by atoms with Gasteiger partial charge in [0, 0.05) is 38.0 Å². The number of nitrogens with zero attached hydrogens (tertiary/aromatic N) is 2. The van der Waals surface area contributed by atoms with Gasteiger partial charge in [-0.15, -0.1) is 0 Å². The van der Waals surface area contributed by atoms with Crippen LogP contribution < -0.4 is 10.1 Å². The van der Waals surface area contributed by atoms with Gasteiger partial charge in [-0.1, -0.05) is 12.1 Å². The van der Waals surface area contributed by atoms with Gasteiger partial charge in [-0.2, -0.15) is 0 Å². The van der Waals surface area contributed by atoms with E-state index in [9.17, 15) is 4.79 Å². The van der Waals surface area contributed by atoms with E-state index in [1.165, 1.54) is 0 Å². The Bertz CT molecular complexity index is 737. The van der Waals surface area contributed by atoms with Crippen LogP contribution in [0.4, 0.5) is 0 Å². The summed E-state index contributed by atoms with van der Waals surface area (Å²) in [5.74, 6) is 1.62. The summed E-state index contributed by atoms with van der Waals surface area (Å²) >= 11 is 0. The van der Waals surface area contributed by atoms with Crippen molar-refractivity contribution >= 4 is 5.91 Å². The van der Waals surface area contributed by atoms with E-state index in [-0.39, 0.29) is 18.1 Å². The number of rotatable bonds is 5. The maximum Gasteiger partial charge on any atom is 0.255 e. The molecule has 4 rings (SSSR count).